The Hall–Kier alpha value is -2.76. The minimum atomic E-state index is -0.189. The summed E-state index contributed by atoms with van der Waals surface area (Å²) in [4.78, 5) is 12.3. The topological polar surface area (TPSA) is 73.8 Å². The molecule has 118 valence electrons. The Kier molecular flexibility index (Phi) is 3.82. The zero-order chi connectivity index (χ0) is 16.6. The SMILES string of the molecule is Cc1cc(C)cc(-c2nnc(CC(=O)n3nc(C)cc3C)o2)c1. The lowest BCUT2D eigenvalue weighted by atomic mass is 10.1. The van der Waals surface area contributed by atoms with Crippen molar-refractivity contribution >= 4 is 5.91 Å². The number of carbonyl (C=O) groups is 1. The maximum Gasteiger partial charge on any atom is 0.256 e. The maximum atomic E-state index is 12.3. The van der Waals surface area contributed by atoms with E-state index in [-0.39, 0.29) is 18.2 Å². The standard InChI is InChI=1S/C17H18N4O2/c1-10-5-11(2)7-14(6-10)17-19-18-15(23-17)9-16(22)21-13(4)8-12(3)20-21/h5-8H,9H2,1-4H3. The fraction of sp³-hybridized carbons (Fsp3) is 0.294. The van der Waals surface area contributed by atoms with E-state index >= 15 is 0 Å². The minimum Gasteiger partial charge on any atom is -0.420 e. The molecular weight excluding hydrogens is 292 g/mol. The lowest BCUT2D eigenvalue weighted by Gasteiger charge is -2.01. The van der Waals surface area contributed by atoms with Crippen molar-refractivity contribution in [3.05, 3.63) is 52.7 Å². The number of hydrogen-bond acceptors (Lipinski definition) is 5. The Morgan fingerprint density at radius 1 is 1.04 bits per heavy atom. The number of hydrogen-bond donors (Lipinski definition) is 0. The molecule has 2 aromatic heterocycles. The van der Waals surface area contributed by atoms with E-state index in [0.717, 1.165) is 28.1 Å². The molecule has 0 spiro atoms. The molecule has 6 nitrogen and oxygen atoms in total. The summed E-state index contributed by atoms with van der Waals surface area (Å²) in [7, 11) is 0. The second-order valence-corrected chi connectivity index (χ2v) is 5.79. The molecule has 2 heterocycles. The smallest absolute Gasteiger partial charge is 0.256 e. The molecule has 0 aliphatic carbocycles. The first-order valence-corrected chi connectivity index (χ1v) is 7.40. The van der Waals surface area contributed by atoms with Crippen molar-refractivity contribution in [3.8, 4) is 11.5 Å². The van der Waals surface area contributed by atoms with Crippen molar-refractivity contribution in [2.75, 3.05) is 0 Å². The molecule has 3 aromatic rings. The zero-order valence-electron chi connectivity index (χ0n) is 13.6. The molecule has 0 aliphatic heterocycles. The summed E-state index contributed by atoms with van der Waals surface area (Å²) in [6.07, 6.45) is 0.0275. The predicted molar refractivity (Wildman–Crippen MR) is 85.2 cm³/mol. The molecule has 0 saturated carbocycles. The lowest BCUT2D eigenvalue weighted by molar-refractivity contribution is 0.0887. The molecule has 0 radical (unpaired) electrons. The minimum absolute atomic E-state index is 0.0275. The molecule has 3 rings (SSSR count). The van der Waals surface area contributed by atoms with Crippen LogP contribution in [0, 0.1) is 27.7 Å². The first-order valence-electron chi connectivity index (χ1n) is 7.40. The van der Waals surface area contributed by atoms with Crippen LogP contribution in [0.25, 0.3) is 11.5 Å². The van der Waals surface area contributed by atoms with Gasteiger partial charge in [-0.15, -0.1) is 10.2 Å². The van der Waals surface area contributed by atoms with Crippen LogP contribution in [0.15, 0.2) is 28.7 Å². The Labute approximate surface area is 134 Å². The molecule has 1 aromatic carbocycles. The summed E-state index contributed by atoms with van der Waals surface area (Å²) in [6.45, 7) is 7.72. The first-order chi connectivity index (χ1) is 10.9. The number of aromatic nitrogens is 4. The van der Waals surface area contributed by atoms with E-state index in [2.05, 4.69) is 21.4 Å². The van der Waals surface area contributed by atoms with Crippen LogP contribution in [0.3, 0.4) is 0 Å². The van der Waals surface area contributed by atoms with Crippen molar-refractivity contribution in [2.24, 2.45) is 0 Å². The largest absolute Gasteiger partial charge is 0.420 e. The molecule has 0 bridgehead atoms. The van der Waals surface area contributed by atoms with Crippen LogP contribution in [0.1, 0.15) is 33.2 Å². The predicted octanol–water partition coefficient (Wildman–Crippen LogP) is 3.05. The average molecular weight is 310 g/mol. The van der Waals surface area contributed by atoms with E-state index in [4.69, 9.17) is 4.42 Å². The Balaban J connectivity index is 1.82. The fourth-order valence-electron chi connectivity index (χ4n) is 2.63. The lowest BCUT2D eigenvalue weighted by Crippen LogP contribution is -2.16. The second-order valence-electron chi connectivity index (χ2n) is 5.79. The van der Waals surface area contributed by atoms with Crippen LogP contribution >= 0.6 is 0 Å². The third-order valence-electron chi connectivity index (χ3n) is 3.48. The van der Waals surface area contributed by atoms with E-state index in [9.17, 15) is 4.79 Å². The van der Waals surface area contributed by atoms with Gasteiger partial charge in [-0.1, -0.05) is 17.2 Å². The number of aryl methyl sites for hydroxylation is 4. The highest BCUT2D eigenvalue weighted by Gasteiger charge is 2.16. The summed E-state index contributed by atoms with van der Waals surface area (Å²) < 4.78 is 7.01. The van der Waals surface area contributed by atoms with Gasteiger partial charge in [-0.3, -0.25) is 4.79 Å². The summed E-state index contributed by atoms with van der Waals surface area (Å²) in [6, 6.07) is 7.89. The van der Waals surface area contributed by atoms with Crippen LogP contribution in [-0.4, -0.2) is 25.9 Å². The van der Waals surface area contributed by atoms with Gasteiger partial charge < -0.3 is 4.42 Å². The van der Waals surface area contributed by atoms with Gasteiger partial charge >= 0.3 is 0 Å². The summed E-state index contributed by atoms with van der Waals surface area (Å²) in [5.41, 5.74) is 4.70. The van der Waals surface area contributed by atoms with Crippen LogP contribution < -0.4 is 0 Å². The van der Waals surface area contributed by atoms with Crippen molar-refractivity contribution < 1.29 is 9.21 Å². The Morgan fingerprint density at radius 2 is 1.74 bits per heavy atom. The van der Waals surface area contributed by atoms with Crippen molar-refractivity contribution in [3.63, 3.8) is 0 Å². The van der Waals surface area contributed by atoms with E-state index in [1.807, 2.05) is 45.9 Å². The van der Waals surface area contributed by atoms with Gasteiger partial charge in [0, 0.05) is 11.3 Å². The maximum absolute atomic E-state index is 12.3. The van der Waals surface area contributed by atoms with Gasteiger partial charge in [0.25, 0.3) is 5.91 Å². The average Bonchev–Trinajstić information content (AvgIpc) is 3.04. The summed E-state index contributed by atoms with van der Waals surface area (Å²) >= 11 is 0. The molecule has 23 heavy (non-hydrogen) atoms. The van der Waals surface area contributed by atoms with Crippen LogP contribution in [0.5, 0.6) is 0 Å². The van der Waals surface area contributed by atoms with E-state index in [0.29, 0.717) is 5.89 Å². The normalized spacial score (nSPS) is 11.0. The number of benzene rings is 1. The highest BCUT2D eigenvalue weighted by atomic mass is 16.4. The van der Waals surface area contributed by atoms with Gasteiger partial charge in [0.1, 0.15) is 6.42 Å². The van der Waals surface area contributed by atoms with Gasteiger partial charge in [-0.25, -0.2) is 4.68 Å². The van der Waals surface area contributed by atoms with Crippen molar-refractivity contribution in [1.82, 2.24) is 20.0 Å². The monoisotopic (exact) mass is 310 g/mol. The molecule has 0 fully saturated rings. The first kappa shape index (κ1) is 15.1. The van der Waals surface area contributed by atoms with E-state index < -0.39 is 0 Å². The molecule has 0 atom stereocenters. The Bertz CT molecular complexity index is 856. The third-order valence-corrected chi connectivity index (χ3v) is 3.48. The third kappa shape index (κ3) is 3.21. The van der Waals surface area contributed by atoms with Gasteiger partial charge in [-0.05, 0) is 45.9 Å². The number of nitrogens with zero attached hydrogens (tertiary/aromatic N) is 4. The van der Waals surface area contributed by atoms with Gasteiger partial charge in [0.2, 0.25) is 11.8 Å². The van der Waals surface area contributed by atoms with E-state index in [1.54, 1.807) is 0 Å². The molecule has 0 amide bonds. The summed E-state index contributed by atoms with van der Waals surface area (Å²) in [5.74, 6) is 0.524. The number of carbonyl (C=O) groups excluding carboxylic acids is 1. The molecule has 6 heteroatoms. The van der Waals surface area contributed by atoms with Gasteiger partial charge in [0.15, 0.2) is 0 Å². The molecule has 0 saturated heterocycles. The summed E-state index contributed by atoms with van der Waals surface area (Å²) in [5, 5.41) is 12.2. The van der Waals surface area contributed by atoms with Crippen LogP contribution in [-0.2, 0) is 6.42 Å². The highest BCUT2D eigenvalue weighted by Crippen LogP contribution is 2.21. The Morgan fingerprint density at radius 3 is 2.35 bits per heavy atom. The molecular formula is C17H18N4O2. The van der Waals surface area contributed by atoms with Crippen molar-refractivity contribution in [2.45, 2.75) is 34.1 Å². The van der Waals surface area contributed by atoms with Crippen LogP contribution in [0.2, 0.25) is 0 Å². The second kappa shape index (κ2) is 5.79. The van der Waals surface area contributed by atoms with E-state index in [1.165, 1.54) is 4.68 Å². The number of rotatable bonds is 3. The quantitative estimate of drug-likeness (QED) is 0.743. The van der Waals surface area contributed by atoms with Crippen molar-refractivity contribution in [1.29, 1.82) is 0 Å². The van der Waals surface area contributed by atoms with Crippen LogP contribution in [0.4, 0.5) is 0 Å². The highest BCUT2D eigenvalue weighted by molar-refractivity contribution is 5.80. The fourth-order valence-corrected chi connectivity index (χ4v) is 2.63. The van der Waals surface area contributed by atoms with Gasteiger partial charge in [0.05, 0.1) is 5.69 Å². The zero-order valence-corrected chi connectivity index (χ0v) is 13.6. The molecule has 0 aliphatic rings. The van der Waals surface area contributed by atoms with Gasteiger partial charge in [-0.2, -0.15) is 5.10 Å². The molecule has 0 unspecified atom stereocenters. The molecule has 0 N–H and O–H groups in total.